The van der Waals surface area contributed by atoms with Crippen molar-refractivity contribution in [3.05, 3.63) is 36.7 Å². The summed E-state index contributed by atoms with van der Waals surface area (Å²) in [5, 5.41) is 8.02. The van der Waals surface area contributed by atoms with Crippen molar-refractivity contribution in [1.82, 2.24) is 19.5 Å². The van der Waals surface area contributed by atoms with E-state index in [4.69, 9.17) is 14.5 Å². The molecule has 1 aliphatic rings. The Hall–Kier alpha value is -2.80. The van der Waals surface area contributed by atoms with Crippen LogP contribution in [0, 0.1) is 0 Å². The van der Waals surface area contributed by atoms with Crippen LogP contribution in [-0.2, 0) is 0 Å². The van der Waals surface area contributed by atoms with E-state index < -0.39 is 0 Å². The Bertz CT molecular complexity index is 909. The summed E-state index contributed by atoms with van der Waals surface area (Å²) in [6.07, 6.45) is 6.03. The van der Waals surface area contributed by atoms with E-state index in [0.717, 1.165) is 60.0 Å². The smallest absolute Gasteiger partial charge is 0.165 e. The zero-order chi connectivity index (χ0) is 18.8. The monoisotopic (exact) mass is 367 g/mol. The van der Waals surface area contributed by atoms with Crippen molar-refractivity contribution >= 4 is 11.5 Å². The molecule has 4 rings (SSSR count). The SMILES string of the molecule is COc1cc(OC)cc(-c2cnn3ccc(NC4CCN(C)CC4)nc23)c1. The van der Waals surface area contributed by atoms with E-state index in [1.54, 1.807) is 18.7 Å². The first kappa shape index (κ1) is 17.6. The van der Waals surface area contributed by atoms with Gasteiger partial charge in [-0.15, -0.1) is 0 Å². The molecular weight excluding hydrogens is 342 g/mol. The average Bonchev–Trinajstić information content (AvgIpc) is 3.12. The van der Waals surface area contributed by atoms with Gasteiger partial charge in [-0.25, -0.2) is 9.50 Å². The summed E-state index contributed by atoms with van der Waals surface area (Å²) in [5.41, 5.74) is 2.72. The van der Waals surface area contributed by atoms with Gasteiger partial charge >= 0.3 is 0 Å². The van der Waals surface area contributed by atoms with Gasteiger partial charge in [-0.3, -0.25) is 0 Å². The van der Waals surface area contributed by atoms with Crippen LogP contribution < -0.4 is 14.8 Å². The molecule has 0 bridgehead atoms. The molecule has 0 spiro atoms. The highest BCUT2D eigenvalue weighted by Crippen LogP contribution is 2.32. The molecular formula is C20H25N5O2. The fourth-order valence-electron chi connectivity index (χ4n) is 3.48. The van der Waals surface area contributed by atoms with Gasteiger partial charge in [-0.2, -0.15) is 5.10 Å². The minimum atomic E-state index is 0.458. The third-order valence-corrected chi connectivity index (χ3v) is 5.10. The number of benzene rings is 1. The number of ether oxygens (including phenoxy) is 2. The third kappa shape index (κ3) is 3.68. The maximum absolute atomic E-state index is 5.40. The Morgan fingerprint density at radius 2 is 1.78 bits per heavy atom. The van der Waals surface area contributed by atoms with E-state index in [2.05, 4.69) is 22.4 Å². The van der Waals surface area contributed by atoms with E-state index >= 15 is 0 Å². The van der Waals surface area contributed by atoms with Crippen molar-refractivity contribution in [1.29, 1.82) is 0 Å². The normalized spacial score (nSPS) is 15.8. The van der Waals surface area contributed by atoms with Crippen LogP contribution in [0.4, 0.5) is 5.82 Å². The fourth-order valence-corrected chi connectivity index (χ4v) is 3.48. The predicted octanol–water partition coefficient (Wildman–Crippen LogP) is 2.92. The number of likely N-dealkylation sites (tertiary alicyclic amines) is 1. The Morgan fingerprint density at radius 1 is 1.07 bits per heavy atom. The minimum absolute atomic E-state index is 0.458. The Morgan fingerprint density at radius 3 is 2.44 bits per heavy atom. The van der Waals surface area contributed by atoms with Crippen LogP contribution in [0.25, 0.3) is 16.8 Å². The maximum atomic E-state index is 5.40. The largest absolute Gasteiger partial charge is 0.497 e. The number of hydrogen-bond donors (Lipinski definition) is 1. The first-order valence-corrected chi connectivity index (χ1v) is 9.19. The molecule has 3 aromatic rings. The number of rotatable bonds is 5. The molecule has 1 N–H and O–H groups in total. The van der Waals surface area contributed by atoms with Crippen LogP contribution in [0.5, 0.6) is 11.5 Å². The zero-order valence-electron chi connectivity index (χ0n) is 16.0. The number of nitrogens with one attached hydrogen (secondary N) is 1. The van der Waals surface area contributed by atoms with Crippen LogP contribution in [0.15, 0.2) is 36.7 Å². The summed E-state index contributed by atoms with van der Waals surface area (Å²) in [7, 11) is 5.47. The second kappa shape index (κ2) is 7.44. The van der Waals surface area contributed by atoms with Crippen LogP contribution in [0.2, 0.25) is 0 Å². The summed E-state index contributed by atoms with van der Waals surface area (Å²) in [5.74, 6) is 2.36. The first-order valence-electron chi connectivity index (χ1n) is 9.19. The summed E-state index contributed by atoms with van der Waals surface area (Å²) < 4.78 is 12.6. The lowest BCUT2D eigenvalue weighted by Crippen LogP contribution is -2.36. The molecule has 7 heteroatoms. The molecule has 1 saturated heterocycles. The standard InChI is InChI=1S/C20H25N5O2/c1-24-7-4-15(5-8-24)22-19-6-9-25-20(23-19)18(13-21-25)14-10-16(26-2)12-17(11-14)27-3/h6,9-13,15H,4-5,7-8H2,1-3H3,(H,22,23). The Balaban J connectivity index is 1.66. The molecule has 1 aliphatic heterocycles. The molecule has 7 nitrogen and oxygen atoms in total. The number of hydrogen-bond acceptors (Lipinski definition) is 6. The second-order valence-electron chi connectivity index (χ2n) is 6.96. The topological polar surface area (TPSA) is 63.9 Å². The van der Waals surface area contributed by atoms with Crippen LogP contribution in [0.3, 0.4) is 0 Å². The van der Waals surface area contributed by atoms with Gasteiger partial charge in [-0.1, -0.05) is 0 Å². The van der Waals surface area contributed by atoms with Crippen molar-refractivity contribution < 1.29 is 9.47 Å². The van der Waals surface area contributed by atoms with Crippen molar-refractivity contribution in [3.8, 4) is 22.6 Å². The van der Waals surface area contributed by atoms with Crippen LogP contribution in [-0.4, -0.2) is 59.9 Å². The van der Waals surface area contributed by atoms with Gasteiger partial charge in [0, 0.05) is 23.9 Å². The van der Waals surface area contributed by atoms with E-state index in [1.807, 2.05) is 36.7 Å². The highest BCUT2D eigenvalue weighted by Gasteiger charge is 2.17. The lowest BCUT2D eigenvalue weighted by atomic mass is 10.1. The van der Waals surface area contributed by atoms with Crippen molar-refractivity contribution in [2.75, 3.05) is 39.7 Å². The van der Waals surface area contributed by atoms with E-state index in [1.165, 1.54) is 0 Å². The Labute approximate surface area is 158 Å². The van der Waals surface area contributed by atoms with Crippen molar-refractivity contribution in [3.63, 3.8) is 0 Å². The number of methoxy groups -OCH3 is 2. The average molecular weight is 367 g/mol. The fraction of sp³-hybridized carbons (Fsp3) is 0.400. The van der Waals surface area contributed by atoms with Gasteiger partial charge in [0.2, 0.25) is 0 Å². The van der Waals surface area contributed by atoms with Crippen molar-refractivity contribution in [2.45, 2.75) is 18.9 Å². The molecule has 0 unspecified atom stereocenters. The number of nitrogens with zero attached hydrogens (tertiary/aromatic N) is 4. The number of fused-ring (bicyclic) bond motifs is 1. The van der Waals surface area contributed by atoms with Crippen molar-refractivity contribution in [2.24, 2.45) is 0 Å². The molecule has 27 heavy (non-hydrogen) atoms. The van der Waals surface area contributed by atoms with E-state index in [0.29, 0.717) is 6.04 Å². The molecule has 1 fully saturated rings. The highest BCUT2D eigenvalue weighted by molar-refractivity contribution is 5.79. The summed E-state index contributed by atoms with van der Waals surface area (Å²) in [6.45, 7) is 2.23. The number of anilines is 1. The quantitative estimate of drug-likeness (QED) is 0.748. The van der Waals surface area contributed by atoms with Gasteiger partial charge in [0.25, 0.3) is 0 Å². The van der Waals surface area contributed by atoms with Gasteiger partial charge in [-0.05, 0) is 56.7 Å². The van der Waals surface area contributed by atoms with Gasteiger partial charge in [0.05, 0.1) is 20.4 Å². The third-order valence-electron chi connectivity index (χ3n) is 5.10. The number of piperidine rings is 1. The summed E-state index contributed by atoms with van der Waals surface area (Å²) >= 11 is 0. The lowest BCUT2D eigenvalue weighted by Gasteiger charge is -2.29. The molecule has 3 heterocycles. The molecule has 2 aromatic heterocycles. The maximum Gasteiger partial charge on any atom is 0.165 e. The van der Waals surface area contributed by atoms with E-state index in [9.17, 15) is 0 Å². The molecule has 0 atom stereocenters. The second-order valence-corrected chi connectivity index (χ2v) is 6.96. The molecule has 0 aliphatic carbocycles. The highest BCUT2D eigenvalue weighted by atomic mass is 16.5. The molecule has 0 radical (unpaired) electrons. The zero-order valence-corrected chi connectivity index (χ0v) is 16.0. The molecule has 1 aromatic carbocycles. The van der Waals surface area contributed by atoms with Gasteiger partial charge in [0.15, 0.2) is 5.65 Å². The van der Waals surface area contributed by atoms with Crippen LogP contribution in [0.1, 0.15) is 12.8 Å². The molecule has 0 saturated carbocycles. The Kier molecular flexibility index (Phi) is 4.85. The summed E-state index contributed by atoms with van der Waals surface area (Å²) in [6, 6.07) is 8.24. The van der Waals surface area contributed by atoms with Gasteiger partial charge < -0.3 is 19.7 Å². The summed E-state index contributed by atoms with van der Waals surface area (Å²) in [4.78, 5) is 7.19. The minimum Gasteiger partial charge on any atom is -0.497 e. The molecule has 142 valence electrons. The van der Waals surface area contributed by atoms with Crippen LogP contribution >= 0.6 is 0 Å². The van der Waals surface area contributed by atoms with Gasteiger partial charge in [0.1, 0.15) is 17.3 Å². The number of aromatic nitrogens is 3. The molecule has 0 amide bonds. The first-order chi connectivity index (χ1) is 13.2. The van der Waals surface area contributed by atoms with E-state index in [-0.39, 0.29) is 0 Å². The predicted molar refractivity (Wildman–Crippen MR) is 106 cm³/mol. The lowest BCUT2D eigenvalue weighted by molar-refractivity contribution is 0.263.